The molecule has 0 radical (unpaired) electrons. The maximum absolute atomic E-state index is 13.3. The zero-order valence-electron chi connectivity index (χ0n) is 11.7. The van der Waals surface area contributed by atoms with Crippen LogP contribution in [-0.4, -0.2) is 25.9 Å². The molecule has 0 bridgehead atoms. The lowest BCUT2D eigenvalue weighted by molar-refractivity contribution is -0.385. The number of nitrogens with zero attached hydrogens (tertiary/aromatic N) is 1. The fourth-order valence-electron chi connectivity index (χ4n) is 1.86. The zero-order valence-corrected chi connectivity index (χ0v) is 12.6. The summed E-state index contributed by atoms with van der Waals surface area (Å²) in [4.78, 5) is 9.32. The van der Waals surface area contributed by atoms with Gasteiger partial charge in [0.1, 0.15) is 5.82 Å². The van der Waals surface area contributed by atoms with Gasteiger partial charge in [-0.2, -0.15) is 0 Å². The molecule has 0 heterocycles. The first-order valence-electron chi connectivity index (χ1n) is 6.33. The number of benzene rings is 1. The predicted octanol–water partition coefficient (Wildman–Crippen LogP) is 1.39. The largest absolute Gasteiger partial charge is 0.329 e. The lowest BCUT2D eigenvalue weighted by Gasteiger charge is -2.18. The minimum absolute atomic E-state index is 0.0782. The molecule has 21 heavy (non-hydrogen) atoms. The van der Waals surface area contributed by atoms with Gasteiger partial charge in [0.25, 0.3) is 5.69 Å². The van der Waals surface area contributed by atoms with E-state index in [4.69, 9.17) is 5.73 Å². The molecule has 0 unspecified atom stereocenters. The number of nitro groups is 1. The molecule has 1 atom stereocenters. The summed E-state index contributed by atoms with van der Waals surface area (Å²) in [5, 5.41) is 10.7. The Bertz CT molecular complexity index is 619. The van der Waals surface area contributed by atoms with E-state index in [1.165, 1.54) is 0 Å². The summed E-state index contributed by atoms with van der Waals surface area (Å²) in [6.07, 6.45) is 0.507. The second-order valence-electron chi connectivity index (χ2n) is 5.09. The van der Waals surface area contributed by atoms with Crippen molar-refractivity contribution < 1.29 is 17.7 Å². The van der Waals surface area contributed by atoms with Crippen LogP contribution in [0.4, 0.5) is 10.1 Å². The van der Waals surface area contributed by atoms with E-state index in [9.17, 15) is 22.9 Å². The van der Waals surface area contributed by atoms with Gasteiger partial charge < -0.3 is 5.73 Å². The van der Waals surface area contributed by atoms with Gasteiger partial charge in [0, 0.05) is 18.7 Å². The molecule has 0 aromatic heterocycles. The Balaban J connectivity index is 3.10. The zero-order chi connectivity index (χ0) is 16.2. The second-order valence-corrected chi connectivity index (χ2v) is 6.80. The summed E-state index contributed by atoms with van der Waals surface area (Å²) in [6.45, 7) is 3.89. The van der Waals surface area contributed by atoms with Crippen LogP contribution in [0, 0.1) is 21.8 Å². The van der Waals surface area contributed by atoms with E-state index < -0.39 is 37.4 Å². The molecule has 0 saturated carbocycles. The lowest BCUT2D eigenvalue weighted by Crippen LogP contribution is -2.41. The van der Waals surface area contributed by atoms with Crippen LogP contribution in [-0.2, 0) is 10.0 Å². The molecule has 0 fully saturated rings. The maximum atomic E-state index is 13.3. The highest BCUT2D eigenvalue weighted by Crippen LogP contribution is 2.20. The minimum atomic E-state index is -4.07. The molecule has 3 N–H and O–H groups in total. The topological polar surface area (TPSA) is 115 Å². The van der Waals surface area contributed by atoms with Crippen molar-refractivity contribution in [3.8, 4) is 0 Å². The highest BCUT2D eigenvalue weighted by molar-refractivity contribution is 7.89. The van der Waals surface area contributed by atoms with Gasteiger partial charge in [-0.3, -0.25) is 10.1 Å². The van der Waals surface area contributed by atoms with Crippen molar-refractivity contribution in [2.45, 2.75) is 31.2 Å². The normalized spacial score (nSPS) is 13.4. The number of rotatable bonds is 7. The summed E-state index contributed by atoms with van der Waals surface area (Å²) in [6, 6.07) is 1.69. The maximum Gasteiger partial charge on any atom is 0.273 e. The average molecular weight is 319 g/mol. The molecule has 0 aliphatic heterocycles. The molecular formula is C12H18FN3O4S. The van der Waals surface area contributed by atoms with Crippen LogP contribution in [0.3, 0.4) is 0 Å². The molecule has 0 saturated heterocycles. The van der Waals surface area contributed by atoms with Crippen molar-refractivity contribution in [2.75, 3.05) is 6.54 Å². The highest BCUT2D eigenvalue weighted by atomic mass is 32.2. The smallest absolute Gasteiger partial charge is 0.273 e. The fourth-order valence-corrected chi connectivity index (χ4v) is 3.17. The first-order chi connectivity index (χ1) is 9.65. The number of sulfonamides is 1. The number of hydrogen-bond donors (Lipinski definition) is 2. The second kappa shape index (κ2) is 6.92. The molecule has 9 heteroatoms. The lowest BCUT2D eigenvalue weighted by atomic mass is 10.1. The van der Waals surface area contributed by atoms with Crippen LogP contribution in [0.2, 0.25) is 0 Å². The minimum Gasteiger partial charge on any atom is -0.329 e. The number of non-ortho nitro benzene ring substituents is 1. The molecular weight excluding hydrogens is 301 g/mol. The molecule has 118 valence electrons. The van der Waals surface area contributed by atoms with Gasteiger partial charge in [0.05, 0.1) is 15.9 Å². The molecule has 1 aromatic rings. The number of halogens is 1. The summed E-state index contributed by atoms with van der Waals surface area (Å²) in [7, 11) is -4.07. The number of hydrogen-bond acceptors (Lipinski definition) is 5. The SMILES string of the molecule is CC(C)C[C@@H](CN)NS(=O)(=O)c1cc(F)cc([N+](=O)[O-])c1. The Hall–Kier alpha value is -1.58. The molecule has 0 amide bonds. The van der Waals surface area contributed by atoms with Gasteiger partial charge >= 0.3 is 0 Å². The van der Waals surface area contributed by atoms with E-state index in [1.54, 1.807) is 0 Å². The van der Waals surface area contributed by atoms with Crippen LogP contribution < -0.4 is 10.5 Å². The first kappa shape index (κ1) is 17.5. The molecule has 0 spiro atoms. The predicted molar refractivity (Wildman–Crippen MR) is 75.7 cm³/mol. The average Bonchev–Trinajstić information content (AvgIpc) is 2.36. The van der Waals surface area contributed by atoms with Gasteiger partial charge in [0.2, 0.25) is 10.0 Å². The van der Waals surface area contributed by atoms with E-state index in [1.807, 2.05) is 13.8 Å². The van der Waals surface area contributed by atoms with Crippen molar-refractivity contribution in [1.82, 2.24) is 4.72 Å². The Morgan fingerprint density at radius 1 is 1.38 bits per heavy atom. The van der Waals surface area contributed by atoms with Crippen LogP contribution in [0.15, 0.2) is 23.1 Å². The van der Waals surface area contributed by atoms with Crippen LogP contribution >= 0.6 is 0 Å². The van der Waals surface area contributed by atoms with Gasteiger partial charge in [-0.1, -0.05) is 13.8 Å². The Labute approximate surface area is 122 Å². The van der Waals surface area contributed by atoms with Crippen molar-refractivity contribution in [3.05, 3.63) is 34.1 Å². The Morgan fingerprint density at radius 3 is 2.48 bits per heavy atom. The van der Waals surface area contributed by atoms with Crippen LogP contribution in [0.25, 0.3) is 0 Å². The summed E-state index contributed by atoms with van der Waals surface area (Å²) >= 11 is 0. The van der Waals surface area contributed by atoms with E-state index in [0.717, 1.165) is 12.1 Å². The van der Waals surface area contributed by atoms with E-state index >= 15 is 0 Å². The third-order valence-electron chi connectivity index (χ3n) is 2.74. The quantitative estimate of drug-likeness (QED) is 0.582. The van der Waals surface area contributed by atoms with Gasteiger partial charge in [0.15, 0.2) is 0 Å². The fraction of sp³-hybridized carbons (Fsp3) is 0.500. The Morgan fingerprint density at radius 2 is 2.00 bits per heavy atom. The standard InChI is InChI=1S/C12H18FN3O4S/c1-8(2)3-10(7-14)15-21(19,20)12-5-9(13)4-11(6-12)16(17)18/h4-6,8,10,15H,3,7,14H2,1-2H3/t10-/m0/s1. The van der Waals surface area contributed by atoms with E-state index in [0.29, 0.717) is 12.5 Å². The van der Waals surface area contributed by atoms with Crippen molar-refractivity contribution in [1.29, 1.82) is 0 Å². The van der Waals surface area contributed by atoms with E-state index in [-0.39, 0.29) is 12.5 Å². The Kier molecular flexibility index (Phi) is 5.76. The molecule has 0 aliphatic carbocycles. The van der Waals surface area contributed by atoms with Crippen LogP contribution in [0.5, 0.6) is 0 Å². The van der Waals surface area contributed by atoms with Gasteiger partial charge in [-0.05, 0) is 18.4 Å². The number of nitrogens with two attached hydrogens (primary N) is 1. The third-order valence-corrected chi connectivity index (χ3v) is 4.24. The summed E-state index contributed by atoms with van der Waals surface area (Å²) < 4.78 is 40.0. The number of nitro benzene ring substituents is 1. The molecule has 1 aromatic carbocycles. The van der Waals surface area contributed by atoms with Crippen molar-refractivity contribution in [3.63, 3.8) is 0 Å². The van der Waals surface area contributed by atoms with Crippen molar-refractivity contribution >= 4 is 15.7 Å². The first-order valence-corrected chi connectivity index (χ1v) is 7.81. The van der Waals surface area contributed by atoms with E-state index in [2.05, 4.69) is 4.72 Å². The summed E-state index contributed by atoms with van der Waals surface area (Å²) in [5.41, 5.74) is 4.88. The third kappa shape index (κ3) is 5.03. The van der Waals surface area contributed by atoms with Crippen molar-refractivity contribution in [2.24, 2.45) is 11.7 Å². The molecule has 1 rings (SSSR count). The van der Waals surface area contributed by atoms with Gasteiger partial charge in [-0.15, -0.1) is 0 Å². The van der Waals surface area contributed by atoms with Gasteiger partial charge in [-0.25, -0.2) is 17.5 Å². The monoisotopic (exact) mass is 319 g/mol. The molecule has 7 nitrogen and oxygen atoms in total. The highest BCUT2D eigenvalue weighted by Gasteiger charge is 2.23. The summed E-state index contributed by atoms with van der Waals surface area (Å²) in [5.74, 6) is -0.777. The number of nitrogens with one attached hydrogen (secondary N) is 1. The molecule has 0 aliphatic rings. The van der Waals surface area contributed by atoms with Crippen LogP contribution in [0.1, 0.15) is 20.3 Å².